The zero-order chi connectivity index (χ0) is 5.98. The largest absolute Gasteiger partial charge is 0.242 e. The van der Waals surface area contributed by atoms with Gasteiger partial charge >= 0.3 is 0 Å². The second kappa shape index (κ2) is 2.07. The van der Waals surface area contributed by atoms with Crippen LogP contribution in [-0.2, 0) is 0 Å². The third kappa shape index (κ3) is 1.15. The first-order valence-corrected chi connectivity index (χ1v) is 2.23. The molecule has 0 saturated heterocycles. The predicted molar refractivity (Wildman–Crippen MR) is 26.2 cm³/mol. The maximum atomic E-state index is 12.0. The number of halogens is 2. The maximum Gasteiger partial charge on any atom is 0.129 e. The second-order valence-corrected chi connectivity index (χ2v) is 1.47. The Bertz CT molecular complexity index is 135. The number of hydrogen-bond donors (Lipinski definition) is 0. The summed E-state index contributed by atoms with van der Waals surface area (Å²) in [5.74, 6) is -0.556. The van der Waals surface area contributed by atoms with Crippen LogP contribution in [-0.4, -0.2) is 6.17 Å². The molecule has 1 aliphatic rings. The van der Waals surface area contributed by atoms with Crippen LogP contribution >= 0.6 is 0 Å². The van der Waals surface area contributed by atoms with Crippen molar-refractivity contribution in [2.45, 2.75) is 6.17 Å². The zero-order valence-electron chi connectivity index (χ0n) is 4.07. The van der Waals surface area contributed by atoms with E-state index in [0.29, 0.717) is 0 Å². The van der Waals surface area contributed by atoms with E-state index in [1.807, 2.05) is 0 Å². The molecule has 0 aromatic heterocycles. The summed E-state index contributed by atoms with van der Waals surface area (Å²) >= 11 is 0. The standard InChI is InChI=1S/C6H4F2/c7-5-2-1-3-6(8)4-5/h2-5H/t5-/m0/s1. The van der Waals surface area contributed by atoms with Crippen LogP contribution in [0.25, 0.3) is 0 Å². The molecular formula is C6H4F2. The molecular weight excluding hydrogens is 110 g/mol. The Hall–Kier alpha value is -0.660. The summed E-state index contributed by atoms with van der Waals surface area (Å²) in [6, 6.07) is 0. The molecule has 0 N–H and O–H groups in total. The summed E-state index contributed by atoms with van der Waals surface area (Å²) in [7, 11) is 0. The lowest BCUT2D eigenvalue weighted by Crippen LogP contribution is -1.99. The van der Waals surface area contributed by atoms with E-state index in [4.69, 9.17) is 0 Å². The highest BCUT2D eigenvalue weighted by Crippen LogP contribution is 2.13. The number of alkyl halides is 1. The molecule has 0 nitrogen and oxygen atoms in total. The van der Waals surface area contributed by atoms with E-state index in [-0.39, 0.29) is 0 Å². The molecule has 0 aliphatic heterocycles. The van der Waals surface area contributed by atoms with Gasteiger partial charge in [0.15, 0.2) is 0 Å². The fourth-order valence-corrected chi connectivity index (χ4v) is 0.468. The molecule has 0 aromatic carbocycles. The summed E-state index contributed by atoms with van der Waals surface area (Å²) < 4.78 is 23.9. The maximum absolute atomic E-state index is 12.0. The minimum absolute atomic E-state index is 0.556. The molecule has 0 saturated carbocycles. The first kappa shape index (κ1) is 5.48. The van der Waals surface area contributed by atoms with Crippen molar-refractivity contribution in [1.82, 2.24) is 0 Å². The van der Waals surface area contributed by atoms with Gasteiger partial charge in [-0.15, -0.1) is 0 Å². The lowest BCUT2D eigenvalue weighted by atomic mass is 10.1. The molecule has 1 rings (SSSR count). The fourth-order valence-electron chi connectivity index (χ4n) is 0.468. The van der Waals surface area contributed by atoms with E-state index >= 15 is 0 Å². The normalized spacial score (nSPS) is 27.8. The molecule has 0 heterocycles. The fraction of sp³-hybridized carbons (Fsp3) is 0.167. The third-order valence-electron chi connectivity index (χ3n) is 0.795. The zero-order valence-corrected chi connectivity index (χ0v) is 4.07. The minimum atomic E-state index is -1.29. The molecule has 2 heteroatoms. The Kier molecular flexibility index (Phi) is 1.42. The van der Waals surface area contributed by atoms with Gasteiger partial charge in [-0.2, -0.15) is 0 Å². The van der Waals surface area contributed by atoms with Gasteiger partial charge in [0, 0.05) is 0 Å². The molecule has 1 atom stereocenters. The predicted octanol–water partition coefficient (Wildman–Crippen LogP) is 1.76. The molecule has 0 unspecified atom stereocenters. The molecule has 0 spiro atoms. The summed E-state index contributed by atoms with van der Waals surface area (Å²) in [4.78, 5) is 0. The molecule has 42 valence electrons. The van der Waals surface area contributed by atoms with E-state index in [1.54, 1.807) is 0 Å². The molecule has 0 aromatic rings. The van der Waals surface area contributed by atoms with Crippen molar-refractivity contribution >= 4 is 0 Å². The first-order chi connectivity index (χ1) is 3.79. The number of hydrogen-bond acceptors (Lipinski definition) is 0. The highest BCUT2D eigenvalue weighted by molar-refractivity contribution is 5.21. The van der Waals surface area contributed by atoms with Crippen molar-refractivity contribution in [3.63, 3.8) is 0 Å². The van der Waals surface area contributed by atoms with E-state index in [1.165, 1.54) is 0 Å². The SMILES string of the molecule is FC1=C[C]=C[C@H](F)[CH]1. The Labute approximate surface area is 46.5 Å². The van der Waals surface area contributed by atoms with Crippen molar-refractivity contribution in [1.29, 1.82) is 0 Å². The van der Waals surface area contributed by atoms with Gasteiger partial charge in [-0.05, 0) is 18.2 Å². The van der Waals surface area contributed by atoms with Crippen molar-refractivity contribution in [3.05, 3.63) is 30.5 Å². The van der Waals surface area contributed by atoms with Crippen LogP contribution in [0.5, 0.6) is 0 Å². The Morgan fingerprint density at radius 2 is 2.38 bits per heavy atom. The molecule has 8 heavy (non-hydrogen) atoms. The Morgan fingerprint density at radius 3 is 2.75 bits per heavy atom. The van der Waals surface area contributed by atoms with Crippen LogP contribution in [0.15, 0.2) is 18.0 Å². The topological polar surface area (TPSA) is 0 Å². The van der Waals surface area contributed by atoms with Gasteiger partial charge in [0.25, 0.3) is 0 Å². The Morgan fingerprint density at radius 1 is 1.62 bits per heavy atom. The quantitative estimate of drug-likeness (QED) is 0.450. The summed E-state index contributed by atoms with van der Waals surface area (Å²) in [5.41, 5.74) is 0. The average molecular weight is 114 g/mol. The van der Waals surface area contributed by atoms with Crippen LogP contribution in [0, 0.1) is 12.5 Å². The van der Waals surface area contributed by atoms with Gasteiger partial charge in [-0.3, -0.25) is 0 Å². The van der Waals surface area contributed by atoms with Crippen LogP contribution < -0.4 is 0 Å². The summed E-state index contributed by atoms with van der Waals surface area (Å²) in [6.45, 7) is 0. The van der Waals surface area contributed by atoms with Crippen LogP contribution in [0.3, 0.4) is 0 Å². The van der Waals surface area contributed by atoms with Gasteiger partial charge < -0.3 is 0 Å². The van der Waals surface area contributed by atoms with Crippen LogP contribution in [0.1, 0.15) is 0 Å². The molecule has 1 aliphatic carbocycles. The highest BCUT2D eigenvalue weighted by atomic mass is 19.1. The van der Waals surface area contributed by atoms with Gasteiger partial charge in [0.05, 0.1) is 6.42 Å². The van der Waals surface area contributed by atoms with E-state index in [9.17, 15) is 8.78 Å². The van der Waals surface area contributed by atoms with E-state index < -0.39 is 12.0 Å². The smallest absolute Gasteiger partial charge is 0.129 e. The average Bonchev–Trinajstić information content (AvgIpc) is 1.64. The molecule has 0 bridgehead atoms. The highest BCUT2D eigenvalue weighted by Gasteiger charge is 2.08. The molecule has 0 fully saturated rings. The van der Waals surface area contributed by atoms with Crippen molar-refractivity contribution in [2.75, 3.05) is 0 Å². The minimum Gasteiger partial charge on any atom is -0.242 e. The van der Waals surface area contributed by atoms with Gasteiger partial charge in [-0.1, -0.05) is 0 Å². The van der Waals surface area contributed by atoms with E-state index in [2.05, 4.69) is 6.08 Å². The first-order valence-electron chi connectivity index (χ1n) is 2.23. The van der Waals surface area contributed by atoms with Crippen LogP contribution in [0.2, 0.25) is 0 Å². The second-order valence-electron chi connectivity index (χ2n) is 1.47. The third-order valence-corrected chi connectivity index (χ3v) is 0.795. The summed E-state index contributed by atoms with van der Waals surface area (Å²) in [6.07, 6.45) is 4.16. The molecule has 2 radical (unpaired) electrons. The van der Waals surface area contributed by atoms with Crippen molar-refractivity contribution in [3.8, 4) is 0 Å². The van der Waals surface area contributed by atoms with Crippen LogP contribution in [0.4, 0.5) is 8.78 Å². The van der Waals surface area contributed by atoms with Gasteiger partial charge in [0.1, 0.15) is 12.0 Å². The van der Waals surface area contributed by atoms with E-state index in [0.717, 1.165) is 18.6 Å². The lowest BCUT2D eigenvalue weighted by Gasteiger charge is -2.01. The Balaban J connectivity index is 2.59. The van der Waals surface area contributed by atoms with Crippen molar-refractivity contribution in [2.24, 2.45) is 0 Å². The van der Waals surface area contributed by atoms with Crippen molar-refractivity contribution < 1.29 is 8.78 Å². The monoisotopic (exact) mass is 114 g/mol. The van der Waals surface area contributed by atoms with Gasteiger partial charge in [0.2, 0.25) is 0 Å². The lowest BCUT2D eigenvalue weighted by molar-refractivity contribution is 0.428. The number of allylic oxidation sites excluding steroid dienone is 4. The summed E-state index contributed by atoms with van der Waals surface area (Å²) in [5, 5.41) is 0. The molecule has 0 amide bonds. The van der Waals surface area contributed by atoms with Gasteiger partial charge in [-0.25, -0.2) is 8.78 Å². The number of rotatable bonds is 0.